The van der Waals surface area contributed by atoms with Gasteiger partial charge in [0.25, 0.3) is 0 Å². The second-order valence-electron chi connectivity index (χ2n) is 8.03. The van der Waals surface area contributed by atoms with E-state index in [0.29, 0.717) is 18.8 Å². The molecule has 1 aliphatic heterocycles. The number of carbonyl (C=O) groups excluding carboxylic acids is 1. The third-order valence-corrected chi connectivity index (χ3v) is 7.91. The van der Waals surface area contributed by atoms with Crippen molar-refractivity contribution >= 4 is 33.0 Å². The number of hydrogen-bond acceptors (Lipinski definition) is 5. The van der Waals surface area contributed by atoms with Crippen molar-refractivity contribution in [2.45, 2.75) is 44.9 Å². The third kappa shape index (κ3) is 5.61. The Balaban J connectivity index is 1.70. The summed E-state index contributed by atoms with van der Waals surface area (Å²) in [4.78, 5) is 15.2. The van der Waals surface area contributed by atoms with Crippen molar-refractivity contribution in [3.05, 3.63) is 48.0 Å². The van der Waals surface area contributed by atoms with Gasteiger partial charge in [-0.1, -0.05) is 32.0 Å². The van der Waals surface area contributed by atoms with E-state index in [2.05, 4.69) is 21.6 Å². The monoisotopic (exact) mass is 458 g/mol. The number of hydrogen-bond donors (Lipinski definition) is 2. The summed E-state index contributed by atoms with van der Waals surface area (Å²) in [7, 11) is -3.59. The Morgan fingerprint density at radius 3 is 2.38 bits per heavy atom. The maximum absolute atomic E-state index is 12.8. The molecule has 7 nitrogen and oxygen atoms in total. The first kappa shape index (κ1) is 24.1. The zero-order valence-electron chi connectivity index (χ0n) is 19.2. The van der Waals surface area contributed by atoms with E-state index in [9.17, 15) is 13.2 Å². The fraction of sp³-hybridized carbons (Fsp3) is 0.458. The fourth-order valence-electron chi connectivity index (χ4n) is 4.01. The van der Waals surface area contributed by atoms with Gasteiger partial charge in [0.1, 0.15) is 0 Å². The van der Waals surface area contributed by atoms with Crippen LogP contribution in [-0.2, 0) is 14.8 Å². The van der Waals surface area contributed by atoms with E-state index in [0.717, 1.165) is 30.0 Å². The molecule has 32 heavy (non-hydrogen) atoms. The lowest BCUT2D eigenvalue weighted by atomic mass is 10.1. The van der Waals surface area contributed by atoms with Gasteiger partial charge in [-0.2, -0.15) is 4.31 Å². The van der Waals surface area contributed by atoms with Crippen LogP contribution in [0.25, 0.3) is 0 Å². The molecule has 1 fully saturated rings. The van der Waals surface area contributed by atoms with E-state index in [1.807, 2.05) is 39.0 Å². The topological polar surface area (TPSA) is 81.8 Å². The van der Waals surface area contributed by atoms with Crippen molar-refractivity contribution in [1.82, 2.24) is 4.31 Å². The summed E-state index contributed by atoms with van der Waals surface area (Å²) in [5.74, 6) is -0.223. The largest absolute Gasteiger partial charge is 0.374 e. The van der Waals surface area contributed by atoms with Gasteiger partial charge in [-0.15, -0.1) is 0 Å². The standard InChI is InChI=1S/C24H34N4O3S/c1-4-28(5-2)32(30,31)20-14-13-19(3)22(17-20)26-24(29)18-25-21-11-7-8-12-23(21)27-15-9-6-10-16-27/h7-8,11-14,17,25H,4-6,9-10,15-16,18H2,1-3H3,(H,26,29). The highest BCUT2D eigenvalue weighted by Gasteiger charge is 2.22. The van der Waals surface area contributed by atoms with Crippen molar-refractivity contribution < 1.29 is 13.2 Å². The molecule has 174 valence electrons. The van der Waals surface area contributed by atoms with E-state index in [-0.39, 0.29) is 17.3 Å². The minimum absolute atomic E-state index is 0.0946. The number of anilines is 3. The summed E-state index contributed by atoms with van der Waals surface area (Å²) in [5, 5.41) is 6.12. The van der Waals surface area contributed by atoms with Crippen molar-refractivity contribution in [3.63, 3.8) is 0 Å². The predicted octanol–water partition coefficient (Wildman–Crippen LogP) is 4.07. The number of benzene rings is 2. The molecule has 3 rings (SSSR count). The Morgan fingerprint density at radius 2 is 1.69 bits per heavy atom. The zero-order chi connectivity index (χ0) is 23.1. The van der Waals surface area contributed by atoms with Crippen LogP contribution in [0.1, 0.15) is 38.7 Å². The van der Waals surface area contributed by atoms with Gasteiger partial charge in [0.05, 0.1) is 22.8 Å². The molecular formula is C24H34N4O3S. The molecule has 0 saturated carbocycles. The molecular weight excluding hydrogens is 424 g/mol. The number of nitrogens with zero attached hydrogens (tertiary/aromatic N) is 2. The zero-order valence-corrected chi connectivity index (χ0v) is 20.0. The van der Waals surface area contributed by atoms with Crippen molar-refractivity contribution in [2.75, 3.05) is 48.3 Å². The summed E-state index contributed by atoms with van der Waals surface area (Å²) in [6.45, 7) is 8.41. The van der Waals surface area contributed by atoms with Crippen LogP contribution >= 0.6 is 0 Å². The lowest BCUT2D eigenvalue weighted by Gasteiger charge is -2.30. The Labute approximate surface area is 191 Å². The van der Waals surface area contributed by atoms with E-state index in [1.165, 1.54) is 23.6 Å². The molecule has 1 heterocycles. The smallest absolute Gasteiger partial charge is 0.243 e. The highest BCUT2D eigenvalue weighted by Crippen LogP contribution is 2.28. The van der Waals surface area contributed by atoms with Crippen LogP contribution in [0.5, 0.6) is 0 Å². The number of sulfonamides is 1. The third-order valence-electron chi connectivity index (χ3n) is 5.87. The minimum atomic E-state index is -3.59. The molecule has 1 amide bonds. The molecule has 0 aromatic heterocycles. The Bertz CT molecular complexity index is 1030. The summed E-state index contributed by atoms with van der Waals surface area (Å²) < 4.78 is 27.1. The van der Waals surface area contributed by atoms with Gasteiger partial charge >= 0.3 is 0 Å². The van der Waals surface area contributed by atoms with Crippen LogP contribution in [0, 0.1) is 6.92 Å². The van der Waals surface area contributed by atoms with Crippen LogP contribution in [0.2, 0.25) is 0 Å². The van der Waals surface area contributed by atoms with Crippen LogP contribution in [0.3, 0.4) is 0 Å². The second-order valence-corrected chi connectivity index (χ2v) is 9.97. The number of nitrogens with one attached hydrogen (secondary N) is 2. The lowest BCUT2D eigenvalue weighted by Crippen LogP contribution is -2.31. The van der Waals surface area contributed by atoms with Crippen molar-refractivity contribution in [3.8, 4) is 0 Å². The highest BCUT2D eigenvalue weighted by molar-refractivity contribution is 7.89. The maximum atomic E-state index is 12.8. The summed E-state index contributed by atoms with van der Waals surface area (Å²) in [5.41, 5.74) is 3.36. The van der Waals surface area contributed by atoms with Gasteiger partial charge in [0.15, 0.2) is 0 Å². The predicted molar refractivity (Wildman–Crippen MR) is 131 cm³/mol. The molecule has 0 aliphatic carbocycles. The Kier molecular flexibility index (Phi) is 8.15. The molecule has 0 unspecified atom stereocenters. The average molecular weight is 459 g/mol. The van der Waals surface area contributed by atoms with Gasteiger partial charge in [0, 0.05) is 31.9 Å². The molecule has 1 saturated heterocycles. The first-order valence-electron chi connectivity index (χ1n) is 11.3. The minimum Gasteiger partial charge on any atom is -0.374 e. The van der Waals surface area contributed by atoms with Crippen LogP contribution < -0.4 is 15.5 Å². The molecule has 1 aliphatic rings. The van der Waals surface area contributed by atoms with E-state index in [4.69, 9.17) is 0 Å². The summed E-state index contributed by atoms with van der Waals surface area (Å²) in [6.07, 6.45) is 3.62. The van der Waals surface area contributed by atoms with Crippen molar-refractivity contribution in [2.24, 2.45) is 0 Å². The number of aryl methyl sites for hydroxylation is 1. The highest BCUT2D eigenvalue weighted by atomic mass is 32.2. The number of amides is 1. The van der Waals surface area contributed by atoms with Crippen LogP contribution in [0.4, 0.5) is 17.1 Å². The van der Waals surface area contributed by atoms with Gasteiger partial charge in [-0.25, -0.2) is 8.42 Å². The summed E-state index contributed by atoms with van der Waals surface area (Å²) in [6, 6.07) is 12.9. The first-order valence-corrected chi connectivity index (χ1v) is 12.8. The molecule has 8 heteroatoms. The lowest BCUT2D eigenvalue weighted by molar-refractivity contribution is -0.114. The number of para-hydroxylation sites is 2. The number of carbonyl (C=O) groups is 1. The van der Waals surface area contributed by atoms with Gasteiger partial charge in [-0.3, -0.25) is 4.79 Å². The Morgan fingerprint density at radius 1 is 1.00 bits per heavy atom. The van der Waals surface area contributed by atoms with Gasteiger partial charge < -0.3 is 15.5 Å². The Hall–Kier alpha value is -2.58. The molecule has 0 spiro atoms. The van der Waals surface area contributed by atoms with Gasteiger partial charge in [0.2, 0.25) is 15.9 Å². The van der Waals surface area contributed by atoms with E-state index < -0.39 is 10.0 Å². The van der Waals surface area contributed by atoms with Crippen LogP contribution in [0.15, 0.2) is 47.4 Å². The normalized spacial score (nSPS) is 14.4. The molecule has 2 aromatic rings. The van der Waals surface area contributed by atoms with E-state index in [1.54, 1.807) is 18.2 Å². The summed E-state index contributed by atoms with van der Waals surface area (Å²) >= 11 is 0. The second kappa shape index (κ2) is 10.8. The number of piperidine rings is 1. The van der Waals surface area contributed by atoms with Gasteiger partial charge in [-0.05, 0) is 56.0 Å². The molecule has 2 N–H and O–H groups in total. The molecule has 2 aromatic carbocycles. The first-order chi connectivity index (χ1) is 15.4. The quantitative estimate of drug-likeness (QED) is 0.592. The van der Waals surface area contributed by atoms with E-state index >= 15 is 0 Å². The van der Waals surface area contributed by atoms with Crippen LogP contribution in [-0.4, -0.2) is 51.4 Å². The average Bonchev–Trinajstić information content (AvgIpc) is 2.80. The SMILES string of the molecule is CCN(CC)S(=O)(=O)c1ccc(C)c(NC(=O)CNc2ccccc2N2CCCCC2)c1. The van der Waals surface area contributed by atoms with Crippen molar-refractivity contribution in [1.29, 1.82) is 0 Å². The molecule has 0 atom stereocenters. The maximum Gasteiger partial charge on any atom is 0.243 e. The fourth-order valence-corrected chi connectivity index (χ4v) is 5.50. The number of rotatable bonds is 9. The molecule has 0 radical (unpaired) electrons. The molecule has 0 bridgehead atoms.